The van der Waals surface area contributed by atoms with Gasteiger partial charge in [0.2, 0.25) is 5.88 Å². The van der Waals surface area contributed by atoms with Gasteiger partial charge in [0.25, 0.3) is 0 Å². The number of rotatable bonds is 4. The molecule has 0 unspecified atom stereocenters. The summed E-state index contributed by atoms with van der Waals surface area (Å²) in [5.41, 5.74) is 5.68. The van der Waals surface area contributed by atoms with E-state index in [0.29, 0.717) is 5.56 Å². The van der Waals surface area contributed by atoms with E-state index in [9.17, 15) is 18.0 Å². The maximum Gasteiger partial charge on any atom is 0.574 e. The van der Waals surface area contributed by atoms with Crippen molar-refractivity contribution < 1.29 is 27.4 Å². The summed E-state index contributed by atoms with van der Waals surface area (Å²) in [6.45, 7) is 1.63. The van der Waals surface area contributed by atoms with Crippen molar-refractivity contribution in [2.45, 2.75) is 19.8 Å². The molecule has 2 N–H and O–H groups in total. The fourth-order valence-corrected chi connectivity index (χ4v) is 2.02. The fourth-order valence-electron chi connectivity index (χ4n) is 1.27. The van der Waals surface area contributed by atoms with E-state index in [4.69, 9.17) is 10.5 Å². The lowest BCUT2D eigenvalue weighted by Gasteiger charge is -2.13. The Morgan fingerprint density at radius 3 is 2.63 bits per heavy atom. The minimum atomic E-state index is -4.88. The molecular formula is C10H10F3IN2O3. The normalized spacial score (nSPS) is 11.3. The highest BCUT2D eigenvalue weighted by molar-refractivity contribution is 14.1. The number of carbonyl (C=O) groups is 1. The van der Waals surface area contributed by atoms with Crippen LogP contribution in [0.25, 0.3) is 0 Å². The second-order valence-electron chi connectivity index (χ2n) is 3.25. The largest absolute Gasteiger partial charge is 0.574 e. The molecular weight excluding hydrogens is 380 g/mol. The molecule has 106 valence electrons. The number of nitrogens with zero attached hydrogens (tertiary/aromatic N) is 1. The van der Waals surface area contributed by atoms with Crippen molar-refractivity contribution >= 4 is 28.6 Å². The van der Waals surface area contributed by atoms with Gasteiger partial charge in [0.05, 0.1) is 12.2 Å². The van der Waals surface area contributed by atoms with Gasteiger partial charge in [0, 0.05) is 18.2 Å². The molecule has 0 spiro atoms. The third kappa shape index (κ3) is 4.49. The third-order valence-electron chi connectivity index (χ3n) is 1.97. The lowest BCUT2D eigenvalue weighted by molar-refractivity contribution is -0.276. The van der Waals surface area contributed by atoms with Gasteiger partial charge in [-0.15, -0.1) is 13.2 Å². The van der Waals surface area contributed by atoms with E-state index >= 15 is 0 Å². The van der Waals surface area contributed by atoms with Gasteiger partial charge in [-0.05, 0) is 29.5 Å². The van der Waals surface area contributed by atoms with E-state index in [1.807, 2.05) is 0 Å². The molecule has 0 fully saturated rings. The van der Waals surface area contributed by atoms with Gasteiger partial charge in [-0.2, -0.15) is 0 Å². The second-order valence-corrected chi connectivity index (χ2v) is 4.27. The van der Waals surface area contributed by atoms with E-state index in [0.717, 1.165) is 6.07 Å². The Morgan fingerprint density at radius 1 is 1.53 bits per heavy atom. The highest BCUT2D eigenvalue weighted by Crippen LogP contribution is 2.26. The Morgan fingerprint density at radius 2 is 2.16 bits per heavy atom. The number of carbonyl (C=O) groups excluding carboxylic acids is 1. The van der Waals surface area contributed by atoms with Crippen molar-refractivity contribution in [3.63, 3.8) is 0 Å². The van der Waals surface area contributed by atoms with Gasteiger partial charge < -0.3 is 15.2 Å². The Bertz CT molecular complexity index is 480. The van der Waals surface area contributed by atoms with Gasteiger partial charge in [-0.3, -0.25) is 0 Å². The Balaban J connectivity index is 3.22. The van der Waals surface area contributed by atoms with Crippen LogP contribution in [0.1, 0.15) is 22.8 Å². The Hall–Kier alpha value is -1.10. The highest BCUT2D eigenvalue weighted by atomic mass is 127. The summed E-state index contributed by atoms with van der Waals surface area (Å²) in [5, 5.41) is 0. The van der Waals surface area contributed by atoms with E-state index in [2.05, 4.69) is 9.72 Å². The van der Waals surface area contributed by atoms with Gasteiger partial charge in [-0.25, -0.2) is 9.78 Å². The number of halogens is 4. The number of hydrogen-bond acceptors (Lipinski definition) is 5. The lowest BCUT2D eigenvalue weighted by atomic mass is 10.1. The summed E-state index contributed by atoms with van der Waals surface area (Å²) in [4.78, 5) is 15.2. The molecule has 0 aliphatic rings. The summed E-state index contributed by atoms with van der Waals surface area (Å²) >= 11 is 1.68. The first kappa shape index (κ1) is 16.0. The number of ether oxygens (including phenoxy) is 2. The SMILES string of the molecule is CCOC(=O)c1cc(OC(F)(F)F)nc(I)c1CN. The standard InChI is InChI=1S/C10H10F3IN2O3/c1-2-18-9(17)5-3-7(19-10(11,12)13)16-8(14)6(5)4-15/h3H,2,4,15H2,1H3. The van der Waals surface area contributed by atoms with Gasteiger partial charge in [0.15, 0.2) is 0 Å². The fraction of sp³-hybridized carbons (Fsp3) is 0.400. The van der Waals surface area contributed by atoms with Crippen LogP contribution in [-0.2, 0) is 11.3 Å². The molecule has 5 nitrogen and oxygen atoms in total. The smallest absolute Gasteiger partial charge is 0.462 e. The Labute approximate surface area is 120 Å². The molecule has 0 saturated carbocycles. The molecule has 0 saturated heterocycles. The van der Waals surface area contributed by atoms with Gasteiger partial charge >= 0.3 is 12.3 Å². The molecule has 0 aliphatic heterocycles. The van der Waals surface area contributed by atoms with Crippen molar-refractivity contribution in [2.24, 2.45) is 5.73 Å². The molecule has 1 aromatic heterocycles. The molecule has 1 aromatic rings. The molecule has 0 radical (unpaired) electrons. The summed E-state index contributed by atoms with van der Waals surface area (Å²) < 4.78 is 45.0. The van der Waals surface area contributed by atoms with E-state index in [-0.39, 0.29) is 22.4 Å². The molecule has 0 bridgehead atoms. The average molecular weight is 390 g/mol. The van der Waals surface area contributed by atoms with E-state index < -0.39 is 18.2 Å². The zero-order valence-corrected chi connectivity index (χ0v) is 11.9. The quantitative estimate of drug-likeness (QED) is 0.485. The predicted octanol–water partition coefficient (Wildman–Crippen LogP) is 2.22. The molecule has 19 heavy (non-hydrogen) atoms. The maximum atomic E-state index is 12.1. The third-order valence-corrected chi connectivity index (χ3v) is 2.86. The van der Waals surface area contributed by atoms with Crippen LogP contribution in [0.5, 0.6) is 5.88 Å². The molecule has 0 aromatic carbocycles. The maximum absolute atomic E-state index is 12.1. The number of hydrogen-bond donors (Lipinski definition) is 1. The van der Waals surface area contributed by atoms with Crippen LogP contribution in [0.2, 0.25) is 0 Å². The number of alkyl halides is 3. The van der Waals surface area contributed by atoms with Crippen LogP contribution in [0, 0.1) is 3.70 Å². The molecule has 1 heterocycles. The Kier molecular flexibility index (Phi) is 5.35. The molecule has 0 atom stereocenters. The van der Waals surface area contributed by atoms with Crippen LogP contribution in [0.3, 0.4) is 0 Å². The monoisotopic (exact) mass is 390 g/mol. The summed E-state index contributed by atoms with van der Waals surface area (Å²) in [6.07, 6.45) is -4.88. The van der Waals surface area contributed by atoms with Crippen molar-refractivity contribution in [3.8, 4) is 5.88 Å². The molecule has 0 aliphatic carbocycles. The zero-order chi connectivity index (χ0) is 14.6. The topological polar surface area (TPSA) is 74.4 Å². The van der Waals surface area contributed by atoms with Crippen molar-refractivity contribution in [3.05, 3.63) is 20.9 Å². The van der Waals surface area contributed by atoms with Crippen LogP contribution in [0.4, 0.5) is 13.2 Å². The van der Waals surface area contributed by atoms with Gasteiger partial charge in [0.1, 0.15) is 3.70 Å². The molecule has 1 rings (SSSR count). The van der Waals surface area contributed by atoms with Crippen molar-refractivity contribution in [1.29, 1.82) is 0 Å². The van der Waals surface area contributed by atoms with Gasteiger partial charge in [-0.1, -0.05) is 0 Å². The number of nitrogens with two attached hydrogens (primary N) is 1. The lowest BCUT2D eigenvalue weighted by Crippen LogP contribution is -2.20. The first-order valence-electron chi connectivity index (χ1n) is 5.10. The molecule has 0 amide bonds. The van der Waals surface area contributed by atoms with E-state index in [1.54, 1.807) is 29.5 Å². The van der Waals surface area contributed by atoms with Crippen LogP contribution in [-0.4, -0.2) is 23.9 Å². The zero-order valence-electron chi connectivity index (χ0n) is 9.75. The van der Waals surface area contributed by atoms with Crippen LogP contribution in [0.15, 0.2) is 6.07 Å². The first-order chi connectivity index (χ1) is 8.78. The van der Waals surface area contributed by atoms with E-state index in [1.165, 1.54) is 0 Å². The van der Waals surface area contributed by atoms with Crippen molar-refractivity contribution in [1.82, 2.24) is 4.98 Å². The summed E-state index contributed by atoms with van der Waals surface area (Å²) in [7, 11) is 0. The average Bonchev–Trinajstić information content (AvgIpc) is 2.26. The predicted molar refractivity (Wildman–Crippen MR) is 67.5 cm³/mol. The minimum Gasteiger partial charge on any atom is -0.462 e. The van der Waals surface area contributed by atoms with Crippen molar-refractivity contribution in [2.75, 3.05) is 6.61 Å². The second kappa shape index (κ2) is 6.37. The number of esters is 1. The number of pyridine rings is 1. The summed E-state index contributed by atoms with van der Waals surface area (Å²) in [5.74, 6) is -1.49. The van der Waals surface area contributed by atoms with Crippen LogP contribution >= 0.6 is 22.6 Å². The summed E-state index contributed by atoms with van der Waals surface area (Å²) in [6, 6.07) is 0.871. The van der Waals surface area contributed by atoms with Crippen LogP contribution < -0.4 is 10.5 Å². The highest BCUT2D eigenvalue weighted by Gasteiger charge is 2.32. The molecule has 9 heteroatoms. The number of aromatic nitrogens is 1. The minimum absolute atomic E-state index is 0.0499. The first-order valence-corrected chi connectivity index (χ1v) is 6.18.